The number of likely N-dealkylation sites (N-methyl/N-ethyl adjacent to an activating group) is 1. The van der Waals surface area contributed by atoms with Gasteiger partial charge in [0.05, 0.1) is 5.56 Å². The molecule has 3 N–H and O–H groups in total. The molecule has 0 aromatic heterocycles. The van der Waals surface area contributed by atoms with Crippen molar-refractivity contribution in [3.63, 3.8) is 0 Å². The Morgan fingerprint density at radius 2 is 2.26 bits per heavy atom. The largest absolute Gasteiger partial charge is 0.508 e. The summed E-state index contributed by atoms with van der Waals surface area (Å²) in [6.07, 6.45) is 2.24. The first kappa shape index (κ1) is 13.7. The fraction of sp³-hybridized carbons (Fsp3) is 0.500. The van der Waals surface area contributed by atoms with Gasteiger partial charge in [0.2, 0.25) is 0 Å². The lowest BCUT2D eigenvalue weighted by Crippen LogP contribution is -2.40. The van der Waals surface area contributed by atoms with Crippen LogP contribution in [-0.4, -0.2) is 46.7 Å². The van der Waals surface area contributed by atoms with Crippen molar-refractivity contribution in [2.45, 2.75) is 25.8 Å². The van der Waals surface area contributed by atoms with Crippen LogP contribution in [0.15, 0.2) is 18.2 Å². The van der Waals surface area contributed by atoms with Crippen LogP contribution in [0.25, 0.3) is 0 Å². The van der Waals surface area contributed by atoms with Gasteiger partial charge < -0.3 is 15.5 Å². The molecule has 0 bridgehead atoms. The number of benzene rings is 1. The molecule has 1 aliphatic rings. The van der Waals surface area contributed by atoms with Gasteiger partial charge in [-0.15, -0.1) is 0 Å². The Balaban J connectivity index is 1.96. The van der Waals surface area contributed by atoms with Gasteiger partial charge in [0.1, 0.15) is 11.5 Å². The Kier molecular flexibility index (Phi) is 4.27. The number of aromatic hydroxyl groups is 2. The second-order valence-electron chi connectivity index (χ2n) is 4.84. The molecule has 0 saturated carbocycles. The molecule has 1 unspecified atom stereocenters. The lowest BCUT2D eigenvalue weighted by molar-refractivity contribution is 0.0938. The van der Waals surface area contributed by atoms with E-state index >= 15 is 0 Å². The number of carbonyl (C=O) groups excluding carboxylic acids is 1. The Morgan fingerprint density at radius 3 is 3.00 bits per heavy atom. The van der Waals surface area contributed by atoms with E-state index in [-0.39, 0.29) is 23.0 Å². The van der Waals surface area contributed by atoms with Crippen molar-refractivity contribution in [3.8, 4) is 11.5 Å². The van der Waals surface area contributed by atoms with Gasteiger partial charge in [0, 0.05) is 12.6 Å². The maximum atomic E-state index is 12.0. The molecule has 104 valence electrons. The SMILES string of the molecule is CCN1CCCC1CNC(=O)c1cc(O)ccc1O. The second kappa shape index (κ2) is 5.93. The average Bonchev–Trinajstić information content (AvgIpc) is 2.86. The molecule has 1 aromatic carbocycles. The van der Waals surface area contributed by atoms with Crippen molar-refractivity contribution in [2.75, 3.05) is 19.6 Å². The molecule has 1 heterocycles. The van der Waals surface area contributed by atoms with Gasteiger partial charge in [-0.05, 0) is 44.1 Å². The van der Waals surface area contributed by atoms with Crippen LogP contribution in [0.2, 0.25) is 0 Å². The summed E-state index contributed by atoms with van der Waals surface area (Å²) in [5, 5.41) is 21.8. The number of nitrogens with zero attached hydrogens (tertiary/aromatic N) is 1. The van der Waals surface area contributed by atoms with Gasteiger partial charge in [0.25, 0.3) is 5.91 Å². The summed E-state index contributed by atoms with van der Waals surface area (Å²) in [4.78, 5) is 14.3. The summed E-state index contributed by atoms with van der Waals surface area (Å²) < 4.78 is 0. The first-order valence-electron chi connectivity index (χ1n) is 6.66. The molecule has 2 rings (SSSR count). The molecular weight excluding hydrogens is 244 g/mol. The van der Waals surface area contributed by atoms with Crippen LogP contribution in [0.5, 0.6) is 11.5 Å². The summed E-state index contributed by atoms with van der Waals surface area (Å²) in [7, 11) is 0. The third kappa shape index (κ3) is 3.17. The van der Waals surface area contributed by atoms with E-state index in [9.17, 15) is 15.0 Å². The van der Waals surface area contributed by atoms with E-state index in [0.717, 1.165) is 25.9 Å². The van der Waals surface area contributed by atoms with Gasteiger partial charge in [-0.3, -0.25) is 9.69 Å². The topological polar surface area (TPSA) is 72.8 Å². The predicted molar refractivity (Wildman–Crippen MR) is 72.4 cm³/mol. The molecule has 0 aliphatic carbocycles. The third-order valence-corrected chi connectivity index (χ3v) is 3.63. The molecule has 1 amide bonds. The van der Waals surface area contributed by atoms with Gasteiger partial charge >= 0.3 is 0 Å². The molecule has 0 spiro atoms. The molecule has 5 heteroatoms. The van der Waals surface area contributed by atoms with Crippen LogP contribution < -0.4 is 5.32 Å². The van der Waals surface area contributed by atoms with Gasteiger partial charge in [0.15, 0.2) is 0 Å². The number of rotatable bonds is 4. The Labute approximate surface area is 112 Å². The zero-order valence-electron chi connectivity index (χ0n) is 11.1. The van der Waals surface area contributed by atoms with Gasteiger partial charge in [-0.1, -0.05) is 6.92 Å². The minimum absolute atomic E-state index is 0.0287. The van der Waals surface area contributed by atoms with Gasteiger partial charge in [-0.25, -0.2) is 0 Å². The predicted octanol–water partition coefficient (Wildman–Crippen LogP) is 1.31. The molecule has 1 fully saturated rings. The number of likely N-dealkylation sites (tertiary alicyclic amines) is 1. The molecule has 19 heavy (non-hydrogen) atoms. The number of carbonyl (C=O) groups is 1. The van der Waals surface area contributed by atoms with Crippen molar-refractivity contribution >= 4 is 5.91 Å². The van der Waals surface area contributed by atoms with E-state index in [1.807, 2.05) is 0 Å². The van der Waals surface area contributed by atoms with E-state index in [4.69, 9.17) is 0 Å². The van der Waals surface area contributed by atoms with Crippen LogP contribution in [0.4, 0.5) is 0 Å². The summed E-state index contributed by atoms with van der Waals surface area (Å²) >= 11 is 0. The molecule has 5 nitrogen and oxygen atoms in total. The lowest BCUT2D eigenvalue weighted by Gasteiger charge is -2.22. The smallest absolute Gasteiger partial charge is 0.255 e. The molecule has 0 radical (unpaired) electrons. The summed E-state index contributed by atoms with van der Waals surface area (Å²) in [6.45, 7) is 4.75. The highest BCUT2D eigenvalue weighted by atomic mass is 16.3. The highest BCUT2D eigenvalue weighted by Gasteiger charge is 2.23. The van der Waals surface area contributed by atoms with Crippen LogP contribution in [0.1, 0.15) is 30.1 Å². The Bertz CT molecular complexity index is 462. The minimum atomic E-state index is -0.351. The van der Waals surface area contributed by atoms with Crippen LogP contribution in [-0.2, 0) is 0 Å². The Hall–Kier alpha value is -1.75. The summed E-state index contributed by atoms with van der Waals surface area (Å²) in [5.74, 6) is -0.496. The highest BCUT2D eigenvalue weighted by molar-refractivity contribution is 5.97. The normalized spacial score (nSPS) is 19.5. The first-order valence-corrected chi connectivity index (χ1v) is 6.66. The molecule has 1 aromatic rings. The number of phenolic OH excluding ortho intramolecular Hbond substituents is 2. The first-order chi connectivity index (χ1) is 9.11. The zero-order chi connectivity index (χ0) is 13.8. The van der Waals surface area contributed by atoms with E-state index in [1.54, 1.807) is 0 Å². The average molecular weight is 264 g/mol. The second-order valence-corrected chi connectivity index (χ2v) is 4.84. The van der Waals surface area contributed by atoms with Gasteiger partial charge in [-0.2, -0.15) is 0 Å². The zero-order valence-corrected chi connectivity index (χ0v) is 11.1. The van der Waals surface area contributed by atoms with Crippen LogP contribution in [0.3, 0.4) is 0 Å². The van der Waals surface area contributed by atoms with E-state index in [0.29, 0.717) is 12.6 Å². The van der Waals surface area contributed by atoms with E-state index < -0.39 is 0 Å². The van der Waals surface area contributed by atoms with Crippen molar-refractivity contribution in [1.29, 1.82) is 0 Å². The maximum absolute atomic E-state index is 12.0. The number of phenols is 2. The monoisotopic (exact) mass is 264 g/mol. The molecule has 1 aliphatic heterocycles. The number of hydrogen-bond acceptors (Lipinski definition) is 4. The molecule has 1 atom stereocenters. The molecular formula is C14H20N2O3. The van der Waals surface area contributed by atoms with Crippen molar-refractivity contribution in [2.24, 2.45) is 0 Å². The summed E-state index contributed by atoms with van der Waals surface area (Å²) in [5.41, 5.74) is 0.112. The standard InChI is InChI=1S/C14H20N2O3/c1-2-16-7-3-4-10(16)9-15-14(19)12-8-11(17)5-6-13(12)18/h5-6,8,10,17-18H,2-4,7,9H2,1H3,(H,15,19). The Morgan fingerprint density at radius 1 is 1.47 bits per heavy atom. The van der Waals surface area contributed by atoms with Crippen molar-refractivity contribution in [3.05, 3.63) is 23.8 Å². The number of nitrogens with one attached hydrogen (secondary N) is 1. The minimum Gasteiger partial charge on any atom is -0.508 e. The third-order valence-electron chi connectivity index (χ3n) is 3.63. The maximum Gasteiger partial charge on any atom is 0.255 e. The summed E-state index contributed by atoms with van der Waals surface area (Å²) in [6, 6.07) is 4.31. The van der Waals surface area contributed by atoms with Crippen molar-refractivity contribution in [1.82, 2.24) is 10.2 Å². The quantitative estimate of drug-likeness (QED) is 0.717. The fourth-order valence-corrected chi connectivity index (χ4v) is 2.55. The fourth-order valence-electron chi connectivity index (χ4n) is 2.55. The number of hydrogen-bond donors (Lipinski definition) is 3. The van der Waals surface area contributed by atoms with E-state index in [2.05, 4.69) is 17.1 Å². The van der Waals surface area contributed by atoms with Crippen molar-refractivity contribution < 1.29 is 15.0 Å². The highest BCUT2D eigenvalue weighted by Crippen LogP contribution is 2.22. The molecule has 1 saturated heterocycles. The van der Waals surface area contributed by atoms with Crippen LogP contribution in [0, 0.1) is 0 Å². The van der Waals surface area contributed by atoms with E-state index in [1.165, 1.54) is 18.2 Å². The lowest BCUT2D eigenvalue weighted by atomic mass is 10.1. The number of amides is 1. The van der Waals surface area contributed by atoms with Crippen LogP contribution >= 0.6 is 0 Å².